The highest BCUT2D eigenvalue weighted by molar-refractivity contribution is 5.85. The zero-order chi connectivity index (χ0) is 11.7. The number of anilines is 1. The first-order chi connectivity index (χ1) is 8.31. The van der Waals surface area contributed by atoms with Crippen molar-refractivity contribution in [3.63, 3.8) is 0 Å². The molecule has 2 fully saturated rings. The monoisotopic (exact) mass is 270 g/mol. The van der Waals surface area contributed by atoms with Crippen LogP contribution in [0.15, 0.2) is 6.20 Å². The first-order valence-corrected chi connectivity index (χ1v) is 6.29. The van der Waals surface area contributed by atoms with Gasteiger partial charge in [-0.15, -0.1) is 12.4 Å². The summed E-state index contributed by atoms with van der Waals surface area (Å²) in [5, 5.41) is 6.65. The van der Waals surface area contributed by atoms with Crippen LogP contribution in [-0.4, -0.2) is 35.2 Å². The maximum Gasteiger partial charge on any atom is 0.226 e. The lowest BCUT2D eigenvalue weighted by atomic mass is 10.3. The van der Waals surface area contributed by atoms with Gasteiger partial charge < -0.3 is 15.4 Å². The van der Waals surface area contributed by atoms with Crippen LogP contribution < -0.4 is 15.4 Å². The van der Waals surface area contributed by atoms with Crippen LogP contribution in [0.1, 0.15) is 24.8 Å². The van der Waals surface area contributed by atoms with E-state index >= 15 is 0 Å². The van der Waals surface area contributed by atoms with Gasteiger partial charge in [-0.2, -0.15) is 4.98 Å². The molecular formula is C12H19ClN4O. The third-order valence-electron chi connectivity index (χ3n) is 3.12. The third-order valence-corrected chi connectivity index (χ3v) is 3.12. The number of ether oxygens (including phenoxy) is 1. The van der Waals surface area contributed by atoms with Crippen molar-refractivity contribution in [3.8, 4) is 5.88 Å². The molecule has 5 nitrogen and oxygen atoms in total. The van der Waals surface area contributed by atoms with E-state index in [2.05, 4.69) is 20.6 Å². The summed E-state index contributed by atoms with van der Waals surface area (Å²) in [6.07, 6.45) is 5.63. The zero-order valence-corrected chi connectivity index (χ0v) is 11.3. The molecule has 1 aromatic rings. The highest BCUT2D eigenvalue weighted by atomic mass is 35.5. The van der Waals surface area contributed by atoms with Gasteiger partial charge in [0.2, 0.25) is 11.8 Å². The molecule has 100 valence electrons. The second-order valence-corrected chi connectivity index (χ2v) is 4.83. The van der Waals surface area contributed by atoms with Gasteiger partial charge in [-0.3, -0.25) is 0 Å². The summed E-state index contributed by atoms with van der Waals surface area (Å²) in [5.41, 5.74) is 1.01. The molecule has 3 rings (SSSR count). The Bertz CT molecular complexity index is 405. The lowest BCUT2D eigenvalue weighted by Gasteiger charge is -2.13. The van der Waals surface area contributed by atoms with Gasteiger partial charge in [0.25, 0.3) is 0 Å². The third kappa shape index (κ3) is 3.23. The van der Waals surface area contributed by atoms with E-state index in [1.807, 2.05) is 13.1 Å². The van der Waals surface area contributed by atoms with Crippen molar-refractivity contribution in [2.75, 3.05) is 18.4 Å². The van der Waals surface area contributed by atoms with E-state index in [4.69, 9.17) is 4.74 Å². The van der Waals surface area contributed by atoms with Crippen LogP contribution in [-0.2, 0) is 0 Å². The number of aromatic nitrogens is 2. The Morgan fingerprint density at radius 3 is 2.89 bits per heavy atom. The minimum absolute atomic E-state index is 0. The minimum Gasteiger partial charge on any atom is -0.474 e. The van der Waals surface area contributed by atoms with Gasteiger partial charge in [0.15, 0.2) is 0 Å². The van der Waals surface area contributed by atoms with Crippen LogP contribution in [0, 0.1) is 6.92 Å². The Morgan fingerprint density at radius 2 is 2.22 bits per heavy atom. The fourth-order valence-corrected chi connectivity index (χ4v) is 1.92. The predicted octanol–water partition coefficient (Wildman–Crippen LogP) is 1.52. The summed E-state index contributed by atoms with van der Waals surface area (Å²) in [6.45, 7) is 4.03. The molecule has 2 heterocycles. The van der Waals surface area contributed by atoms with E-state index in [1.165, 1.54) is 0 Å². The van der Waals surface area contributed by atoms with Crippen molar-refractivity contribution in [3.05, 3.63) is 11.8 Å². The fraction of sp³-hybridized carbons (Fsp3) is 0.667. The average molecular weight is 271 g/mol. The van der Waals surface area contributed by atoms with Crippen LogP contribution in [0.3, 0.4) is 0 Å². The van der Waals surface area contributed by atoms with Crippen LogP contribution in [0.2, 0.25) is 0 Å². The van der Waals surface area contributed by atoms with Gasteiger partial charge in [0, 0.05) is 24.3 Å². The molecule has 0 unspecified atom stereocenters. The van der Waals surface area contributed by atoms with Gasteiger partial charge >= 0.3 is 0 Å². The summed E-state index contributed by atoms with van der Waals surface area (Å²) >= 11 is 0. The highest BCUT2D eigenvalue weighted by Crippen LogP contribution is 2.27. The number of halogens is 1. The normalized spacial score (nSPS) is 22.4. The maximum absolute atomic E-state index is 5.75. The average Bonchev–Trinajstić information content (AvgIpc) is 2.98. The van der Waals surface area contributed by atoms with E-state index < -0.39 is 0 Å². The quantitative estimate of drug-likeness (QED) is 0.869. The van der Waals surface area contributed by atoms with E-state index in [9.17, 15) is 0 Å². The molecule has 6 heteroatoms. The molecule has 1 aliphatic carbocycles. The number of hydrogen-bond donors (Lipinski definition) is 2. The van der Waals surface area contributed by atoms with Crippen molar-refractivity contribution in [1.29, 1.82) is 0 Å². The van der Waals surface area contributed by atoms with Gasteiger partial charge in [0.1, 0.15) is 6.10 Å². The Balaban J connectivity index is 0.00000120. The van der Waals surface area contributed by atoms with Gasteiger partial charge in [-0.25, -0.2) is 4.98 Å². The lowest BCUT2D eigenvalue weighted by molar-refractivity contribution is 0.288. The first-order valence-electron chi connectivity index (χ1n) is 6.29. The van der Waals surface area contributed by atoms with E-state index in [1.54, 1.807) is 0 Å². The molecule has 1 saturated carbocycles. The molecule has 1 aromatic heterocycles. The Morgan fingerprint density at radius 1 is 1.39 bits per heavy atom. The molecule has 18 heavy (non-hydrogen) atoms. The molecule has 1 aliphatic heterocycles. The first kappa shape index (κ1) is 13.4. The Labute approximate surface area is 113 Å². The van der Waals surface area contributed by atoms with Crippen molar-refractivity contribution in [1.82, 2.24) is 15.3 Å². The summed E-state index contributed by atoms with van der Waals surface area (Å²) in [4.78, 5) is 8.74. The standard InChI is InChI=1S/C12H18N4O.ClH/c1-8-6-14-12(15-9-4-5-13-7-9)16-11(8)17-10-2-3-10;/h6,9-10,13H,2-5,7H2,1H3,(H,14,15,16);1H/t9-;/m1./s1. The zero-order valence-electron chi connectivity index (χ0n) is 10.5. The fourth-order valence-electron chi connectivity index (χ4n) is 1.92. The molecule has 1 atom stereocenters. The van der Waals surface area contributed by atoms with Gasteiger partial charge in [-0.1, -0.05) is 0 Å². The van der Waals surface area contributed by atoms with E-state index in [-0.39, 0.29) is 12.4 Å². The predicted molar refractivity (Wildman–Crippen MR) is 72.6 cm³/mol. The van der Waals surface area contributed by atoms with Crippen LogP contribution >= 0.6 is 12.4 Å². The van der Waals surface area contributed by atoms with Crippen molar-refractivity contribution in [2.24, 2.45) is 0 Å². The summed E-state index contributed by atoms with van der Waals surface area (Å²) in [6, 6.07) is 0.437. The van der Waals surface area contributed by atoms with Crippen molar-refractivity contribution < 1.29 is 4.74 Å². The summed E-state index contributed by atoms with van der Waals surface area (Å²) in [7, 11) is 0. The SMILES string of the molecule is Cc1cnc(N[C@@H]2CCNC2)nc1OC1CC1.Cl. The van der Waals surface area contributed by atoms with Crippen molar-refractivity contribution in [2.45, 2.75) is 38.3 Å². The molecule has 0 spiro atoms. The number of aryl methyl sites for hydroxylation is 1. The van der Waals surface area contributed by atoms with Gasteiger partial charge in [-0.05, 0) is 32.7 Å². The number of nitrogens with zero attached hydrogens (tertiary/aromatic N) is 2. The van der Waals surface area contributed by atoms with E-state index in [0.29, 0.717) is 18.1 Å². The molecule has 0 amide bonds. The number of rotatable bonds is 4. The smallest absolute Gasteiger partial charge is 0.226 e. The van der Waals surface area contributed by atoms with E-state index in [0.717, 1.165) is 43.8 Å². The van der Waals surface area contributed by atoms with Crippen molar-refractivity contribution >= 4 is 18.4 Å². The maximum atomic E-state index is 5.75. The van der Waals surface area contributed by atoms with Crippen LogP contribution in [0.4, 0.5) is 5.95 Å². The topological polar surface area (TPSA) is 59.1 Å². The van der Waals surface area contributed by atoms with Crippen LogP contribution in [0.25, 0.3) is 0 Å². The largest absolute Gasteiger partial charge is 0.474 e. The second-order valence-electron chi connectivity index (χ2n) is 4.83. The van der Waals surface area contributed by atoms with Gasteiger partial charge in [0.05, 0.1) is 0 Å². The molecule has 0 aromatic carbocycles. The molecular weight excluding hydrogens is 252 g/mol. The molecule has 2 N–H and O–H groups in total. The highest BCUT2D eigenvalue weighted by Gasteiger charge is 2.25. The second kappa shape index (κ2) is 5.71. The molecule has 1 saturated heterocycles. The minimum atomic E-state index is 0. The van der Waals surface area contributed by atoms with Crippen LogP contribution in [0.5, 0.6) is 5.88 Å². The Hall–Kier alpha value is -1.07. The molecule has 0 radical (unpaired) electrons. The molecule has 0 bridgehead atoms. The number of hydrogen-bond acceptors (Lipinski definition) is 5. The summed E-state index contributed by atoms with van der Waals surface area (Å²) in [5.74, 6) is 1.41. The lowest BCUT2D eigenvalue weighted by Crippen LogP contribution is -2.23. The number of nitrogens with one attached hydrogen (secondary N) is 2. The molecule has 2 aliphatic rings. The summed E-state index contributed by atoms with van der Waals surface area (Å²) < 4.78 is 5.75. The Kier molecular flexibility index (Phi) is 4.24.